The van der Waals surface area contributed by atoms with Crippen LogP contribution in [0.25, 0.3) is 22.3 Å². The highest BCUT2D eigenvalue weighted by molar-refractivity contribution is 5.83. The van der Waals surface area contributed by atoms with Crippen LogP contribution < -0.4 is 20.1 Å². The van der Waals surface area contributed by atoms with Crippen LogP contribution in [0.2, 0.25) is 0 Å². The molecule has 1 saturated carbocycles. The number of nitrogens with two attached hydrogens (primary N) is 1. The van der Waals surface area contributed by atoms with Crippen LogP contribution in [-0.2, 0) is 7.05 Å². The fourth-order valence-electron chi connectivity index (χ4n) is 4.11. The molecule has 5 rings (SSSR count). The molecule has 0 bridgehead atoms. The molecule has 1 fully saturated rings. The van der Waals surface area contributed by atoms with Gasteiger partial charge in [-0.25, -0.2) is 4.98 Å². The Bertz CT molecular complexity index is 1260. The van der Waals surface area contributed by atoms with E-state index in [1.54, 1.807) is 31.3 Å². The molecule has 1 aliphatic carbocycles. The summed E-state index contributed by atoms with van der Waals surface area (Å²) in [5.41, 5.74) is 11.5. The van der Waals surface area contributed by atoms with Crippen LogP contribution in [0, 0.1) is 0 Å². The van der Waals surface area contributed by atoms with Gasteiger partial charge in [0.25, 0.3) is 0 Å². The zero-order chi connectivity index (χ0) is 22.3. The van der Waals surface area contributed by atoms with E-state index in [1.165, 1.54) is 0 Å². The topological polar surface area (TPSA) is 91.3 Å². The quantitative estimate of drug-likeness (QED) is 0.478. The third-order valence-electron chi connectivity index (χ3n) is 6.06. The lowest BCUT2D eigenvalue weighted by atomic mass is 10.1. The average Bonchev–Trinajstić information content (AvgIpc) is 3.49. The lowest BCUT2D eigenvalue weighted by Crippen LogP contribution is -2.39. The molecule has 0 atom stereocenters. The highest BCUT2D eigenvalue weighted by Crippen LogP contribution is 2.49. The molecule has 0 aliphatic heterocycles. The summed E-state index contributed by atoms with van der Waals surface area (Å²) in [6, 6.07) is 12.0. The predicted molar refractivity (Wildman–Crippen MR) is 124 cm³/mol. The second kappa shape index (κ2) is 7.80. The zero-order valence-corrected chi connectivity index (χ0v) is 18.4. The molecule has 2 aromatic carbocycles. The van der Waals surface area contributed by atoms with Crippen molar-refractivity contribution in [2.24, 2.45) is 12.8 Å². The predicted octanol–water partition coefficient (Wildman–Crippen LogP) is 3.68. The van der Waals surface area contributed by atoms with E-state index >= 15 is 0 Å². The minimum atomic E-state index is -0.139. The van der Waals surface area contributed by atoms with Crippen molar-refractivity contribution in [1.29, 1.82) is 0 Å². The van der Waals surface area contributed by atoms with Crippen LogP contribution in [-0.4, -0.2) is 46.1 Å². The Morgan fingerprint density at radius 2 is 1.75 bits per heavy atom. The highest BCUT2D eigenvalue weighted by atomic mass is 16.5. The van der Waals surface area contributed by atoms with Gasteiger partial charge in [-0.05, 0) is 31.0 Å². The van der Waals surface area contributed by atoms with E-state index in [9.17, 15) is 0 Å². The summed E-state index contributed by atoms with van der Waals surface area (Å²) in [6.45, 7) is 0.548. The number of nitrogens with zero attached hydrogens (tertiary/aromatic N) is 5. The number of rotatable bonds is 7. The second-order valence-electron chi connectivity index (χ2n) is 8.17. The first-order valence-corrected chi connectivity index (χ1v) is 10.5. The molecule has 0 amide bonds. The summed E-state index contributed by atoms with van der Waals surface area (Å²) >= 11 is 0. The maximum Gasteiger partial charge on any atom is 0.124 e. The summed E-state index contributed by atoms with van der Waals surface area (Å²) in [6.07, 6.45) is 7.54. The van der Waals surface area contributed by atoms with Crippen molar-refractivity contribution < 1.29 is 9.47 Å². The fraction of sp³-hybridized carbons (Fsp3) is 0.292. The standard InChI is InChI=1S/C24H26N6O2/c1-29-14-16(12-27-29)23-13-26-21-5-4-17(10-22(21)28-23)30(24(15-25)6-7-24)18-8-19(31-2)11-20(9-18)32-3/h4-5,8-14H,6-7,15,25H2,1-3H3. The Balaban J connectivity index is 1.64. The normalized spacial score (nSPS) is 14.4. The monoisotopic (exact) mass is 430 g/mol. The van der Waals surface area contributed by atoms with Gasteiger partial charge in [0.2, 0.25) is 0 Å². The van der Waals surface area contributed by atoms with Gasteiger partial charge in [-0.1, -0.05) is 0 Å². The average molecular weight is 431 g/mol. The number of anilines is 2. The van der Waals surface area contributed by atoms with Gasteiger partial charge >= 0.3 is 0 Å². The SMILES string of the molecule is COc1cc(OC)cc(N(c2ccc3ncc(-c4cnn(C)c4)nc3c2)C2(CN)CC2)c1. The van der Waals surface area contributed by atoms with Crippen molar-refractivity contribution in [2.75, 3.05) is 25.7 Å². The zero-order valence-electron chi connectivity index (χ0n) is 18.4. The van der Waals surface area contributed by atoms with Crippen molar-refractivity contribution in [1.82, 2.24) is 19.7 Å². The Morgan fingerprint density at radius 3 is 2.34 bits per heavy atom. The Morgan fingerprint density at radius 1 is 1.00 bits per heavy atom. The molecule has 0 spiro atoms. The third kappa shape index (κ3) is 3.52. The third-order valence-corrected chi connectivity index (χ3v) is 6.06. The first kappa shape index (κ1) is 20.3. The molecule has 2 N–H and O–H groups in total. The van der Waals surface area contributed by atoms with E-state index in [0.717, 1.165) is 58.0 Å². The van der Waals surface area contributed by atoms with Crippen molar-refractivity contribution >= 4 is 22.4 Å². The number of hydrogen-bond acceptors (Lipinski definition) is 7. The van der Waals surface area contributed by atoms with E-state index in [1.807, 2.05) is 37.5 Å². The first-order chi connectivity index (χ1) is 15.5. The lowest BCUT2D eigenvalue weighted by Gasteiger charge is -2.34. The lowest BCUT2D eigenvalue weighted by molar-refractivity contribution is 0.394. The molecular weight excluding hydrogens is 404 g/mol. The maximum absolute atomic E-state index is 6.26. The molecule has 0 saturated heterocycles. The van der Waals surface area contributed by atoms with E-state index in [-0.39, 0.29) is 5.54 Å². The summed E-state index contributed by atoms with van der Waals surface area (Å²) in [5.74, 6) is 1.47. The molecule has 164 valence electrons. The smallest absolute Gasteiger partial charge is 0.124 e. The van der Waals surface area contributed by atoms with E-state index in [0.29, 0.717) is 6.54 Å². The van der Waals surface area contributed by atoms with Crippen LogP contribution >= 0.6 is 0 Å². The van der Waals surface area contributed by atoms with Crippen LogP contribution in [0.4, 0.5) is 11.4 Å². The van der Waals surface area contributed by atoms with Gasteiger partial charge in [0.05, 0.1) is 48.9 Å². The number of ether oxygens (including phenoxy) is 2. The van der Waals surface area contributed by atoms with Gasteiger partial charge < -0.3 is 20.1 Å². The van der Waals surface area contributed by atoms with Crippen molar-refractivity contribution in [2.45, 2.75) is 18.4 Å². The molecule has 1 aliphatic rings. The Labute approximate surface area is 186 Å². The molecule has 0 radical (unpaired) electrons. The maximum atomic E-state index is 6.26. The minimum absolute atomic E-state index is 0.139. The molecule has 2 aromatic heterocycles. The molecule has 4 aromatic rings. The molecule has 8 nitrogen and oxygen atoms in total. The summed E-state index contributed by atoms with van der Waals surface area (Å²) in [5, 5.41) is 4.25. The van der Waals surface area contributed by atoms with Crippen LogP contribution in [0.1, 0.15) is 12.8 Å². The van der Waals surface area contributed by atoms with E-state index in [4.69, 9.17) is 20.2 Å². The van der Waals surface area contributed by atoms with Crippen molar-refractivity contribution in [3.63, 3.8) is 0 Å². The summed E-state index contributed by atoms with van der Waals surface area (Å²) in [4.78, 5) is 11.8. The summed E-state index contributed by atoms with van der Waals surface area (Å²) < 4.78 is 12.8. The fourth-order valence-corrected chi connectivity index (χ4v) is 4.11. The molecule has 2 heterocycles. The second-order valence-corrected chi connectivity index (χ2v) is 8.17. The largest absolute Gasteiger partial charge is 0.497 e. The molecule has 0 unspecified atom stereocenters. The van der Waals surface area contributed by atoms with Crippen LogP contribution in [0.15, 0.2) is 55.0 Å². The van der Waals surface area contributed by atoms with Gasteiger partial charge in [0, 0.05) is 54.9 Å². The van der Waals surface area contributed by atoms with Gasteiger partial charge in [0.15, 0.2) is 0 Å². The summed E-state index contributed by atoms with van der Waals surface area (Å²) in [7, 11) is 5.20. The van der Waals surface area contributed by atoms with Gasteiger partial charge in [-0.2, -0.15) is 5.10 Å². The van der Waals surface area contributed by atoms with Gasteiger partial charge in [-0.15, -0.1) is 0 Å². The highest BCUT2D eigenvalue weighted by Gasteiger charge is 2.48. The Kier molecular flexibility index (Phi) is 4.94. The van der Waals surface area contributed by atoms with Gasteiger partial charge in [-0.3, -0.25) is 9.67 Å². The number of aromatic nitrogens is 4. The van der Waals surface area contributed by atoms with E-state index < -0.39 is 0 Å². The van der Waals surface area contributed by atoms with E-state index in [2.05, 4.69) is 27.1 Å². The van der Waals surface area contributed by atoms with Gasteiger partial charge in [0.1, 0.15) is 11.5 Å². The number of fused-ring (bicyclic) bond motifs is 1. The number of methoxy groups -OCH3 is 2. The Hall–Kier alpha value is -3.65. The van der Waals surface area contributed by atoms with Crippen molar-refractivity contribution in [3.8, 4) is 22.8 Å². The first-order valence-electron chi connectivity index (χ1n) is 10.5. The molecule has 32 heavy (non-hydrogen) atoms. The van der Waals surface area contributed by atoms with Crippen molar-refractivity contribution in [3.05, 3.63) is 55.0 Å². The molecular formula is C24H26N6O2. The van der Waals surface area contributed by atoms with Crippen LogP contribution in [0.3, 0.4) is 0 Å². The van der Waals surface area contributed by atoms with Crippen LogP contribution in [0.5, 0.6) is 11.5 Å². The number of benzene rings is 2. The number of aryl methyl sites for hydroxylation is 1. The molecule has 8 heteroatoms. The minimum Gasteiger partial charge on any atom is -0.497 e. The number of hydrogen-bond donors (Lipinski definition) is 1.